The fourth-order valence-corrected chi connectivity index (χ4v) is 12.1. The molecular formula is C26H31BrNO2P. The van der Waals surface area contributed by atoms with Crippen molar-refractivity contribution >= 4 is 42.8 Å². The van der Waals surface area contributed by atoms with E-state index < -0.39 is 11.4 Å². The van der Waals surface area contributed by atoms with Crippen molar-refractivity contribution in [1.82, 2.24) is 5.32 Å². The first-order valence-electron chi connectivity index (χ1n) is 10.9. The fourth-order valence-electron chi connectivity index (χ4n) is 4.31. The van der Waals surface area contributed by atoms with Gasteiger partial charge in [-0.15, -0.1) is 0 Å². The van der Waals surface area contributed by atoms with Crippen molar-refractivity contribution in [2.45, 2.75) is 32.1 Å². The predicted octanol–water partition coefficient (Wildman–Crippen LogP) is 6.04. The molecule has 0 spiro atoms. The summed E-state index contributed by atoms with van der Waals surface area (Å²) in [4.78, 5) is 10.6. The van der Waals surface area contributed by atoms with Gasteiger partial charge in [-0.3, -0.25) is 0 Å². The number of carbonyl (C=O) groups is 1. The summed E-state index contributed by atoms with van der Waals surface area (Å²) in [7, 11) is 0. The van der Waals surface area contributed by atoms with Crippen LogP contribution in [-0.4, -0.2) is 23.9 Å². The Morgan fingerprint density at radius 1 is 0.677 bits per heavy atom. The Hall–Kier alpha value is -2.16. The second kappa shape index (κ2) is 10.9. The van der Waals surface area contributed by atoms with E-state index in [1.807, 2.05) is 0 Å². The number of hydrogen-bond acceptors (Lipinski definition) is 1. The van der Waals surface area contributed by atoms with E-state index in [0.717, 1.165) is 38.3 Å². The maximum atomic E-state index is 10.6. The van der Waals surface area contributed by atoms with E-state index in [9.17, 15) is 4.79 Å². The number of carboxylic acid groups (broad SMARTS) is 1. The minimum atomic E-state index is -2.80. The minimum absolute atomic E-state index is 0.533. The third-order valence-corrected chi connectivity index (χ3v) is 15.9. The Morgan fingerprint density at radius 3 is 1.48 bits per heavy atom. The zero-order chi connectivity index (χ0) is 22.0. The molecule has 0 fully saturated rings. The number of unbranched alkanes of at least 4 members (excludes halogenated alkanes) is 4. The van der Waals surface area contributed by atoms with Crippen molar-refractivity contribution in [1.29, 1.82) is 0 Å². The van der Waals surface area contributed by atoms with E-state index in [1.54, 1.807) is 0 Å². The molecule has 1 amide bonds. The standard InChI is InChI=1S/C26H31BrNO2P/c27-31(23-15-7-4-8-16-23,24-17-9-5-10-18-24,25-19-11-6-12-20-25)22-14-3-1-2-13-21-28-26(29)30/h4-12,15-20,28H,1-3,13-14,21-22H2,(H,29,30). The molecule has 3 aromatic rings. The van der Waals surface area contributed by atoms with Crippen LogP contribution in [0.5, 0.6) is 0 Å². The molecule has 0 radical (unpaired) electrons. The molecule has 164 valence electrons. The van der Waals surface area contributed by atoms with Gasteiger partial charge in [0.25, 0.3) is 0 Å². The third kappa shape index (κ3) is 5.37. The second-order valence-electron chi connectivity index (χ2n) is 7.91. The summed E-state index contributed by atoms with van der Waals surface area (Å²) < 4.78 is 0. The molecule has 0 atom stereocenters. The van der Waals surface area contributed by atoms with Gasteiger partial charge in [0, 0.05) is 0 Å². The number of rotatable bonds is 11. The third-order valence-electron chi connectivity index (χ3n) is 5.91. The van der Waals surface area contributed by atoms with E-state index in [2.05, 4.69) is 112 Å². The molecular weight excluding hydrogens is 469 g/mol. The SMILES string of the molecule is O=C(O)NCCCCCCCP(Br)(c1ccccc1)(c1ccccc1)c1ccccc1. The summed E-state index contributed by atoms with van der Waals surface area (Å²) in [6.07, 6.45) is 5.39. The number of nitrogens with one attached hydrogen (secondary N) is 1. The van der Waals surface area contributed by atoms with Crippen LogP contribution in [0.25, 0.3) is 0 Å². The summed E-state index contributed by atoms with van der Waals surface area (Å²) in [5.74, 6) is 0. The van der Waals surface area contributed by atoms with Gasteiger partial charge in [-0.05, 0) is 0 Å². The Balaban J connectivity index is 1.87. The van der Waals surface area contributed by atoms with Gasteiger partial charge < -0.3 is 0 Å². The first-order chi connectivity index (χ1) is 15.1. The zero-order valence-corrected chi connectivity index (χ0v) is 20.3. The van der Waals surface area contributed by atoms with Crippen molar-refractivity contribution in [2.75, 3.05) is 12.7 Å². The van der Waals surface area contributed by atoms with E-state index in [1.165, 1.54) is 15.9 Å². The number of hydrogen-bond donors (Lipinski definition) is 2. The van der Waals surface area contributed by atoms with Crippen molar-refractivity contribution in [2.24, 2.45) is 0 Å². The molecule has 0 aliphatic heterocycles. The molecule has 0 aromatic heterocycles. The van der Waals surface area contributed by atoms with E-state index >= 15 is 0 Å². The van der Waals surface area contributed by atoms with Crippen molar-refractivity contribution in [3.63, 3.8) is 0 Å². The fraction of sp³-hybridized carbons (Fsp3) is 0.269. The van der Waals surface area contributed by atoms with Crippen LogP contribution in [0.15, 0.2) is 91.0 Å². The molecule has 0 heterocycles. The normalized spacial score (nSPS) is 12.6. The molecule has 0 bridgehead atoms. The van der Waals surface area contributed by atoms with E-state index in [-0.39, 0.29) is 0 Å². The molecule has 0 saturated heterocycles. The number of benzene rings is 3. The van der Waals surface area contributed by atoms with Crippen LogP contribution < -0.4 is 21.2 Å². The maximum absolute atomic E-state index is 10.6. The Labute approximate surface area is 193 Å². The molecule has 0 aliphatic carbocycles. The number of amides is 1. The van der Waals surface area contributed by atoms with Crippen LogP contribution in [0, 0.1) is 0 Å². The first-order valence-corrected chi connectivity index (χ1v) is 15.4. The van der Waals surface area contributed by atoms with Gasteiger partial charge in [0.1, 0.15) is 0 Å². The van der Waals surface area contributed by atoms with Gasteiger partial charge in [0.05, 0.1) is 0 Å². The monoisotopic (exact) mass is 499 g/mol. The van der Waals surface area contributed by atoms with Gasteiger partial charge in [-0.1, -0.05) is 0 Å². The summed E-state index contributed by atoms with van der Waals surface area (Å²) >= 11 is 4.48. The van der Waals surface area contributed by atoms with E-state index in [0.29, 0.717) is 6.54 Å². The molecule has 0 unspecified atom stereocenters. The van der Waals surface area contributed by atoms with Crippen molar-refractivity contribution in [3.8, 4) is 0 Å². The van der Waals surface area contributed by atoms with Crippen LogP contribution in [0.1, 0.15) is 32.1 Å². The van der Waals surface area contributed by atoms with Crippen LogP contribution in [0.4, 0.5) is 4.79 Å². The molecule has 31 heavy (non-hydrogen) atoms. The van der Waals surface area contributed by atoms with Gasteiger partial charge in [-0.2, -0.15) is 0 Å². The van der Waals surface area contributed by atoms with Crippen LogP contribution in [0.2, 0.25) is 0 Å². The molecule has 3 nitrogen and oxygen atoms in total. The van der Waals surface area contributed by atoms with Crippen molar-refractivity contribution in [3.05, 3.63) is 91.0 Å². The molecule has 3 rings (SSSR count). The topological polar surface area (TPSA) is 49.3 Å². The number of halogens is 1. The van der Waals surface area contributed by atoms with E-state index in [4.69, 9.17) is 5.11 Å². The Morgan fingerprint density at radius 2 is 1.06 bits per heavy atom. The predicted molar refractivity (Wildman–Crippen MR) is 138 cm³/mol. The van der Waals surface area contributed by atoms with Gasteiger partial charge in [0.15, 0.2) is 0 Å². The van der Waals surface area contributed by atoms with Crippen LogP contribution in [0.3, 0.4) is 0 Å². The summed E-state index contributed by atoms with van der Waals surface area (Å²) in [6.45, 7) is 0.533. The molecule has 2 N–H and O–H groups in total. The average Bonchev–Trinajstić information content (AvgIpc) is 2.82. The van der Waals surface area contributed by atoms with Gasteiger partial charge >= 0.3 is 194 Å². The second-order valence-corrected chi connectivity index (χ2v) is 17.0. The molecule has 3 aromatic carbocycles. The average molecular weight is 500 g/mol. The Kier molecular flexibility index (Phi) is 8.28. The molecule has 5 heteroatoms. The summed E-state index contributed by atoms with van der Waals surface area (Å²) in [5, 5.41) is 12.4. The first kappa shape index (κ1) is 23.5. The quantitative estimate of drug-likeness (QED) is 0.249. The molecule has 0 aliphatic rings. The summed E-state index contributed by atoms with van der Waals surface area (Å²) in [6, 6.07) is 32.7. The van der Waals surface area contributed by atoms with Gasteiger partial charge in [-0.25, -0.2) is 0 Å². The Bertz CT molecular complexity index is 851. The van der Waals surface area contributed by atoms with Crippen LogP contribution in [-0.2, 0) is 0 Å². The van der Waals surface area contributed by atoms with Crippen LogP contribution >= 0.6 is 20.8 Å². The van der Waals surface area contributed by atoms with Gasteiger partial charge in [0.2, 0.25) is 0 Å². The van der Waals surface area contributed by atoms with Crippen molar-refractivity contribution < 1.29 is 9.90 Å². The summed E-state index contributed by atoms with van der Waals surface area (Å²) in [5.41, 5.74) is 0. The molecule has 0 saturated carbocycles. The zero-order valence-electron chi connectivity index (χ0n) is 17.8.